The molecule has 0 fully saturated rings. The topological polar surface area (TPSA) is 96.8 Å². The minimum Gasteiger partial charge on any atom is -0.391 e. The second-order valence-corrected chi connectivity index (χ2v) is 9.92. The fourth-order valence-corrected chi connectivity index (χ4v) is 4.46. The van der Waals surface area contributed by atoms with Crippen molar-refractivity contribution in [1.82, 2.24) is 0 Å². The molecule has 0 saturated carbocycles. The maximum absolute atomic E-state index is 12.6. The van der Waals surface area contributed by atoms with Crippen LogP contribution in [0.25, 0.3) is 5.53 Å². The first-order valence-corrected chi connectivity index (χ1v) is 10.4. The van der Waals surface area contributed by atoms with E-state index in [-0.39, 0.29) is 16.1 Å². The molecule has 0 aliphatic rings. The molecule has 0 amide bonds. The SMILES string of the molecule is Cc1ccc(OS(=O)C(=[N+]=[N-])S(=O)(=O)c2ccc(C(C)(C)C)cc2)cc1. The zero-order valence-electron chi connectivity index (χ0n) is 15.0. The second kappa shape index (κ2) is 7.53. The highest BCUT2D eigenvalue weighted by Crippen LogP contribution is 2.24. The third kappa shape index (κ3) is 4.46. The van der Waals surface area contributed by atoms with Crippen LogP contribution in [0.15, 0.2) is 53.4 Å². The summed E-state index contributed by atoms with van der Waals surface area (Å²) in [5.74, 6) is 0.202. The van der Waals surface area contributed by atoms with Crippen molar-refractivity contribution in [3.63, 3.8) is 0 Å². The molecule has 8 heteroatoms. The van der Waals surface area contributed by atoms with E-state index < -0.39 is 25.3 Å². The summed E-state index contributed by atoms with van der Waals surface area (Å²) in [5.41, 5.74) is 10.9. The van der Waals surface area contributed by atoms with E-state index in [2.05, 4.69) is 4.79 Å². The highest BCUT2D eigenvalue weighted by Gasteiger charge is 2.39. The van der Waals surface area contributed by atoms with Crippen molar-refractivity contribution < 1.29 is 21.6 Å². The summed E-state index contributed by atoms with van der Waals surface area (Å²) in [6.07, 6.45) is 0. The summed E-state index contributed by atoms with van der Waals surface area (Å²) < 4.78 is 41.7. The Bertz CT molecular complexity index is 967. The predicted molar refractivity (Wildman–Crippen MR) is 101 cm³/mol. The standard InChI is InChI=1S/C18H20N2O4S2/c1-13-5-9-15(10-6-13)24-25(21)17(20-19)26(22,23)16-11-7-14(8-12-16)18(2,3)4/h5-12H,1-4H3. The molecule has 0 aliphatic carbocycles. The van der Waals surface area contributed by atoms with Gasteiger partial charge in [0.15, 0.2) is 0 Å². The average Bonchev–Trinajstić information content (AvgIpc) is 2.56. The zero-order chi connectivity index (χ0) is 19.5. The van der Waals surface area contributed by atoms with Gasteiger partial charge in [-0.25, -0.2) is 12.6 Å². The van der Waals surface area contributed by atoms with E-state index >= 15 is 0 Å². The maximum Gasteiger partial charge on any atom is 0.511 e. The van der Waals surface area contributed by atoms with Crippen LogP contribution >= 0.6 is 0 Å². The lowest BCUT2D eigenvalue weighted by molar-refractivity contribution is 0.00378. The van der Waals surface area contributed by atoms with E-state index in [9.17, 15) is 12.6 Å². The molecule has 138 valence electrons. The van der Waals surface area contributed by atoms with Gasteiger partial charge in [0.2, 0.25) is 0 Å². The van der Waals surface area contributed by atoms with E-state index in [1.807, 2.05) is 27.7 Å². The lowest BCUT2D eigenvalue weighted by Gasteiger charge is -2.18. The number of nitrogens with zero attached hydrogens (tertiary/aromatic N) is 2. The molecule has 26 heavy (non-hydrogen) atoms. The number of benzene rings is 2. The van der Waals surface area contributed by atoms with E-state index in [1.165, 1.54) is 12.1 Å². The van der Waals surface area contributed by atoms with Crippen molar-refractivity contribution in [3.05, 3.63) is 65.2 Å². The number of rotatable bonds is 3. The van der Waals surface area contributed by atoms with Crippen LogP contribution in [0.4, 0.5) is 0 Å². The third-order valence-corrected chi connectivity index (χ3v) is 6.89. The van der Waals surface area contributed by atoms with Gasteiger partial charge in [0.25, 0.3) is 9.84 Å². The van der Waals surface area contributed by atoms with E-state index in [1.54, 1.807) is 36.4 Å². The predicted octanol–water partition coefficient (Wildman–Crippen LogP) is 3.39. The summed E-state index contributed by atoms with van der Waals surface area (Å²) in [5, 5.41) is 0. The molecule has 2 rings (SSSR count). The Hall–Kier alpha value is -2.28. The lowest BCUT2D eigenvalue weighted by atomic mass is 9.87. The minimum atomic E-state index is -4.27. The molecule has 1 atom stereocenters. The van der Waals surface area contributed by atoms with Crippen LogP contribution in [0.2, 0.25) is 0 Å². The molecule has 6 nitrogen and oxygen atoms in total. The number of hydrogen-bond acceptors (Lipinski definition) is 4. The number of sulfone groups is 1. The van der Waals surface area contributed by atoms with Gasteiger partial charge in [-0.05, 0) is 42.2 Å². The molecule has 0 saturated heterocycles. The molecule has 0 aliphatic heterocycles. The summed E-state index contributed by atoms with van der Waals surface area (Å²) >= 11 is -2.50. The molecule has 0 bridgehead atoms. The van der Waals surface area contributed by atoms with Gasteiger partial charge in [0.1, 0.15) is 5.75 Å². The van der Waals surface area contributed by atoms with Crippen molar-refractivity contribution in [2.24, 2.45) is 0 Å². The zero-order valence-corrected chi connectivity index (χ0v) is 16.6. The largest absolute Gasteiger partial charge is 0.511 e. The number of aryl methyl sites for hydroxylation is 1. The molecule has 0 radical (unpaired) electrons. The Balaban J connectivity index is 2.31. The Kier molecular flexibility index (Phi) is 5.81. The van der Waals surface area contributed by atoms with Crippen LogP contribution in [-0.2, 0) is 26.3 Å². The Morgan fingerprint density at radius 1 is 1.04 bits per heavy atom. The van der Waals surface area contributed by atoms with Gasteiger partial charge < -0.3 is 9.71 Å². The first kappa shape index (κ1) is 20.0. The smallest absolute Gasteiger partial charge is 0.391 e. The van der Waals surface area contributed by atoms with Gasteiger partial charge in [0, 0.05) is 0 Å². The molecule has 2 aromatic carbocycles. The highest BCUT2D eigenvalue weighted by molar-refractivity contribution is 8.27. The second-order valence-electron chi connectivity index (χ2n) is 6.77. The number of hydrogen-bond donors (Lipinski definition) is 0. The normalized spacial score (nSPS) is 12.9. The molecule has 1 unspecified atom stereocenters. The molecular formula is C18H20N2O4S2. The van der Waals surface area contributed by atoms with E-state index in [0.717, 1.165) is 11.1 Å². The first-order valence-electron chi connectivity index (χ1n) is 7.80. The maximum atomic E-state index is 12.6. The van der Waals surface area contributed by atoms with Crippen LogP contribution in [0.5, 0.6) is 5.75 Å². The molecule has 0 heterocycles. The fraction of sp³-hybridized carbons (Fsp3) is 0.278. The van der Waals surface area contributed by atoms with Gasteiger partial charge in [-0.2, -0.15) is 0 Å². The summed E-state index contributed by atoms with van der Waals surface area (Å²) in [7, 11) is -4.27. The van der Waals surface area contributed by atoms with Crippen molar-refractivity contribution in [3.8, 4) is 5.75 Å². The quantitative estimate of drug-likeness (QED) is 0.346. The van der Waals surface area contributed by atoms with Crippen LogP contribution in [-0.4, -0.2) is 21.8 Å². The Morgan fingerprint density at radius 2 is 1.58 bits per heavy atom. The van der Waals surface area contributed by atoms with Gasteiger partial charge in [-0.1, -0.05) is 50.6 Å². The summed E-state index contributed by atoms with van der Waals surface area (Å²) in [4.78, 5) is 2.60. The van der Waals surface area contributed by atoms with E-state index in [4.69, 9.17) is 9.71 Å². The fourth-order valence-electron chi connectivity index (χ4n) is 2.13. The van der Waals surface area contributed by atoms with Crippen molar-refractivity contribution >= 4 is 25.3 Å². The van der Waals surface area contributed by atoms with Gasteiger partial charge >= 0.3 is 15.5 Å². The average molecular weight is 393 g/mol. The van der Waals surface area contributed by atoms with E-state index in [0.29, 0.717) is 0 Å². The monoisotopic (exact) mass is 392 g/mol. The van der Waals surface area contributed by atoms with Crippen molar-refractivity contribution in [2.75, 3.05) is 0 Å². The molecular weight excluding hydrogens is 372 g/mol. The Labute approximate surface area is 156 Å². The summed E-state index contributed by atoms with van der Waals surface area (Å²) in [6.45, 7) is 7.87. The minimum absolute atomic E-state index is 0.126. The van der Waals surface area contributed by atoms with Gasteiger partial charge in [-0.3, -0.25) is 0 Å². The van der Waals surface area contributed by atoms with Crippen LogP contribution in [0.3, 0.4) is 0 Å². The van der Waals surface area contributed by atoms with Crippen molar-refractivity contribution in [1.29, 1.82) is 0 Å². The Morgan fingerprint density at radius 3 is 2.04 bits per heavy atom. The first-order chi connectivity index (χ1) is 12.1. The highest BCUT2D eigenvalue weighted by atomic mass is 32.3. The van der Waals surface area contributed by atoms with Crippen LogP contribution in [0, 0.1) is 6.92 Å². The van der Waals surface area contributed by atoms with Gasteiger partial charge in [0.05, 0.1) is 4.90 Å². The third-order valence-electron chi connectivity index (χ3n) is 3.68. The van der Waals surface area contributed by atoms with Crippen LogP contribution in [0.1, 0.15) is 31.9 Å². The van der Waals surface area contributed by atoms with Crippen molar-refractivity contribution in [2.45, 2.75) is 38.0 Å². The lowest BCUT2D eigenvalue weighted by Crippen LogP contribution is -2.24. The van der Waals surface area contributed by atoms with Gasteiger partial charge in [-0.15, -0.1) is 4.79 Å². The molecule has 0 spiro atoms. The van der Waals surface area contributed by atoms with Crippen LogP contribution < -0.4 is 4.18 Å². The molecule has 0 N–H and O–H groups in total. The molecule has 0 aromatic heterocycles. The molecule has 2 aromatic rings. The summed E-state index contributed by atoms with van der Waals surface area (Å²) in [6, 6.07) is 12.7.